The molecule has 0 unspecified atom stereocenters. The van der Waals surface area contributed by atoms with E-state index in [9.17, 15) is 0 Å². The van der Waals surface area contributed by atoms with Crippen molar-refractivity contribution >= 4 is 0 Å². The molecular formula is C19H21O3+. The van der Waals surface area contributed by atoms with Crippen molar-refractivity contribution in [2.45, 2.75) is 31.8 Å². The molecule has 1 fully saturated rings. The molecule has 3 heteroatoms. The molecule has 0 N–H and O–H groups in total. The molecule has 0 aliphatic carbocycles. The summed E-state index contributed by atoms with van der Waals surface area (Å²) < 4.78 is 17.3. The second-order valence-corrected chi connectivity index (χ2v) is 5.41. The third kappa shape index (κ3) is 4.34. The van der Waals surface area contributed by atoms with Crippen LogP contribution in [0.3, 0.4) is 0 Å². The van der Waals surface area contributed by atoms with Crippen molar-refractivity contribution < 1.29 is 14.2 Å². The Labute approximate surface area is 131 Å². The lowest BCUT2D eigenvalue weighted by Crippen LogP contribution is -2.29. The third-order valence-electron chi connectivity index (χ3n) is 3.71. The zero-order valence-electron chi connectivity index (χ0n) is 12.6. The minimum absolute atomic E-state index is 0.0209. The van der Waals surface area contributed by atoms with E-state index in [4.69, 9.17) is 14.2 Å². The van der Waals surface area contributed by atoms with Crippen LogP contribution in [-0.2, 0) is 27.4 Å². The Morgan fingerprint density at radius 2 is 1.55 bits per heavy atom. The Kier molecular flexibility index (Phi) is 5.48. The maximum atomic E-state index is 5.97. The number of rotatable bonds is 7. The van der Waals surface area contributed by atoms with Gasteiger partial charge < -0.3 is 9.47 Å². The van der Waals surface area contributed by atoms with Gasteiger partial charge in [-0.25, -0.2) is 0 Å². The van der Waals surface area contributed by atoms with Gasteiger partial charge in [-0.15, -0.1) is 0 Å². The van der Waals surface area contributed by atoms with Gasteiger partial charge in [0.05, 0.1) is 19.8 Å². The van der Waals surface area contributed by atoms with Crippen molar-refractivity contribution in [3.05, 3.63) is 78.4 Å². The predicted octanol–water partition coefficient (Wildman–Crippen LogP) is 3.74. The van der Waals surface area contributed by atoms with E-state index in [1.54, 1.807) is 0 Å². The highest BCUT2D eigenvalue weighted by atomic mass is 16.6. The molecule has 114 valence electrons. The molecule has 1 aliphatic heterocycles. The van der Waals surface area contributed by atoms with Crippen LogP contribution >= 0.6 is 0 Å². The lowest BCUT2D eigenvalue weighted by Gasteiger charge is -2.15. The predicted molar refractivity (Wildman–Crippen MR) is 84.9 cm³/mol. The monoisotopic (exact) mass is 297 g/mol. The fourth-order valence-corrected chi connectivity index (χ4v) is 2.48. The van der Waals surface area contributed by atoms with Gasteiger partial charge in [0.2, 0.25) is 6.61 Å². The average molecular weight is 297 g/mol. The van der Waals surface area contributed by atoms with Gasteiger partial charge in [-0.2, -0.15) is 4.74 Å². The molecule has 0 aromatic heterocycles. The number of hydrogen-bond donors (Lipinski definition) is 0. The van der Waals surface area contributed by atoms with Gasteiger partial charge in [0.1, 0.15) is 12.5 Å². The van der Waals surface area contributed by atoms with Gasteiger partial charge in [-0.05, 0) is 11.1 Å². The van der Waals surface area contributed by atoms with Crippen LogP contribution in [0.1, 0.15) is 17.5 Å². The highest BCUT2D eigenvalue weighted by Crippen LogP contribution is 2.22. The minimum Gasteiger partial charge on any atom is -0.374 e. The van der Waals surface area contributed by atoms with Crippen molar-refractivity contribution in [3.63, 3.8) is 0 Å². The summed E-state index contributed by atoms with van der Waals surface area (Å²) >= 11 is 0. The lowest BCUT2D eigenvalue weighted by atomic mass is 10.2. The summed E-state index contributed by atoms with van der Waals surface area (Å²) in [6, 6.07) is 20.4. The first-order chi connectivity index (χ1) is 10.9. The fourth-order valence-electron chi connectivity index (χ4n) is 2.48. The second kappa shape index (κ2) is 7.99. The summed E-state index contributed by atoms with van der Waals surface area (Å²) in [5, 5.41) is 0. The number of benzene rings is 2. The smallest absolute Gasteiger partial charge is 0.230 e. The van der Waals surface area contributed by atoms with Crippen molar-refractivity contribution in [1.82, 2.24) is 0 Å². The van der Waals surface area contributed by atoms with E-state index in [0.717, 1.165) is 6.42 Å². The van der Waals surface area contributed by atoms with Crippen molar-refractivity contribution in [2.75, 3.05) is 6.61 Å². The SMILES string of the molecule is c1ccc(COC[C@H]2O[CH+]C[C@@H]2OCc2ccccc2)cc1. The second-order valence-electron chi connectivity index (χ2n) is 5.41. The molecule has 22 heavy (non-hydrogen) atoms. The molecule has 3 rings (SSSR count). The van der Waals surface area contributed by atoms with Crippen molar-refractivity contribution in [2.24, 2.45) is 0 Å². The first-order valence-corrected chi connectivity index (χ1v) is 7.66. The standard InChI is InChI=1S/C19H21O3/c1-3-7-16(8-4-1)13-20-15-19-18(11-12-21-19)22-14-17-9-5-2-6-10-17/h1-10,12,18-19H,11,13-15H2/q+1/t18-,19+/m0/s1. The molecule has 2 aromatic carbocycles. The van der Waals surface area contributed by atoms with Gasteiger partial charge in [0.15, 0.2) is 6.10 Å². The topological polar surface area (TPSA) is 27.7 Å². The Morgan fingerprint density at radius 3 is 2.23 bits per heavy atom. The molecule has 0 bridgehead atoms. The van der Waals surface area contributed by atoms with Crippen molar-refractivity contribution in [1.29, 1.82) is 0 Å². The summed E-state index contributed by atoms with van der Waals surface area (Å²) in [6.45, 7) is 3.58. The van der Waals surface area contributed by atoms with Crippen LogP contribution in [0.5, 0.6) is 0 Å². The maximum absolute atomic E-state index is 5.97. The lowest BCUT2D eigenvalue weighted by molar-refractivity contribution is -0.0539. The van der Waals surface area contributed by atoms with Gasteiger partial charge in [-0.1, -0.05) is 60.7 Å². The van der Waals surface area contributed by atoms with E-state index in [-0.39, 0.29) is 12.2 Å². The van der Waals surface area contributed by atoms with E-state index in [1.165, 1.54) is 11.1 Å². The van der Waals surface area contributed by atoms with E-state index in [0.29, 0.717) is 19.8 Å². The molecule has 0 amide bonds. The Bertz CT molecular complexity index is 541. The summed E-state index contributed by atoms with van der Waals surface area (Å²) in [6.07, 6.45) is 0.857. The van der Waals surface area contributed by atoms with Gasteiger partial charge >= 0.3 is 0 Å². The van der Waals surface area contributed by atoms with Crippen molar-refractivity contribution in [3.8, 4) is 0 Å². The molecule has 0 saturated carbocycles. The van der Waals surface area contributed by atoms with Crippen LogP contribution in [-0.4, -0.2) is 18.8 Å². The average Bonchev–Trinajstić information content (AvgIpc) is 3.02. The molecular weight excluding hydrogens is 276 g/mol. The van der Waals surface area contributed by atoms with E-state index in [1.807, 2.05) is 43.0 Å². The van der Waals surface area contributed by atoms with E-state index >= 15 is 0 Å². The fraction of sp³-hybridized carbons (Fsp3) is 0.316. The zero-order valence-corrected chi connectivity index (χ0v) is 12.6. The molecule has 1 saturated heterocycles. The molecule has 2 atom stereocenters. The maximum Gasteiger partial charge on any atom is 0.230 e. The van der Waals surface area contributed by atoms with E-state index in [2.05, 4.69) is 24.3 Å². The van der Waals surface area contributed by atoms with Gasteiger partial charge in [0.25, 0.3) is 0 Å². The first kappa shape index (κ1) is 15.1. The van der Waals surface area contributed by atoms with Gasteiger partial charge in [0, 0.05) is 0 Å². The normalized spacial score (nSPS) is 20.7. The number of ether oxygens (including phenoxy) is 3. The first-order valence-electron chi connectivity index (χ1n) is 7.66. The van der Waals surface area contributed by atoms with Crippen LogP contribution in [0.25, 0.3) is 0 Å². The quantitative estimate of drug-likeness (QED) is 0.729. The zero-order chi connectivity index (χ0) is 15.0. The molecule has 2 aromatic rings. The minimum atomic E-state index is -0.0209. The van der Waals surface area contributed by atoms with Gasteiger partial charge in [-0.3, -0.25) is 0 Å². The molecule has 0 radical (unpaired) electrons. The highest BCUT2D eigenvalue weighted by Gasteiger charge is 2.37. The Morgan fingerprint density at radius 1 is 0.909 bits per heavy atom. The van der Waals surface area contributed by atoms with Crippen LogP contribution < -0.4 is 0 Å². The van der Waals surface area contributed by atoms with Crippen LogP contribution in [0.4, 0.5) is 0 Å². The highest BCUT2D eigenvalue weighted by molar-refractivity contribution is 5.14. The summed E-state index contributed by atoms with van der Waals surface area (Å²) in [5.74, 6) is 0. The Balaban J connectivity index is 1.42. The summed E-state index contributed by atoms with van der Waals surface area (Å²) in [7, 11) is 0. The van der Waals surface area contributed by atoms with Crippen LogP contribution in [0, 0.1) is 6.61 Å². The molecule has 1 aliphatic rings. The summed E-state index contributed by atoms with van der Waals surface area (Å²) in [4.78, 5) is 0. The molecule has 0 spiro atoms. The van der Waals surface area contributed by atoms with Crippen LogP contribution in [0.2, 0.25) is 0 Å². The third-order valence-corrected chi connectivity index (χ3v) is 3.71. The largest absolute Gasteiger partial charge is 0.374 e. The summed E-state index contributed by atoms with van der Waals surface area (Å²) in [5.41, 5.74) is 2.35. The van der Waals surface area contributed by atoms with Crippen LogP contribution in [0.15, 0.2) is 60.7 Å². The number of hydrogen-bond acceptors (Lipinski definition) is 3. The van der Waals surface area contributed by atoms with E-state index < -0.39 is 0 Å². The molecule has 3 nitrogen and oxygen atoms in total. The molecule has 1 heterocycles. The Hall–Kier alpha value is -1.81.